The Kier molecular flexibility index (Phi) is 6.40. The maximum absolute atomic E-state index is 7.03. The zero-order valence-electron chi connectivity index (χ0n) is 29.9. The number of hydrogen-bond donors (Lipinski definition) is 0. The van der Waals surface area contributed by atoms with Gasteiger partial charge in [-0.25, -0.2) is 0 Å². The highest BCUT2D eigenvalue weighted by molar-refractivity contribution is 6.28. The minimum Gasteiger partial charge on any atom is -0.455 e. The third kappa shape index (κ3) is 4.54. The second-order valence-corrected chi connectivity index (χ2v) is 14.8. The summed E-state index contributed by atoms with van der Waals surface area (Å²) >= 11 is 0. The van der Waals surface area contributed by atoms with Gasteiger partial charge in [-0.15, -0.1) is 0 Å². The lowest BCUT2D eigenvalue weighted by Crippen LogP contribution is -1.89. The minimum atomic E-state index is 0.879. The average Bonchev–Trinajstić information content (AvgIpc) is 3.64. The Morgan fingerprint density at radius 3 is 1.62 bits per heavy atom. The zero-order chi connectivity index (χ0) is 36.0. The highest BCUT2D eigenvalue weighted by Gasteiger charge is 2.22. The van der Waals surface area contributed by atoms with Gasteiger partial charge in [0, 0.05) is 16.5 Å². The first kappa shape index (κ1) is 30.3. The van der Waals surface area contributed by atoms with Gasteiger partial charge in [0.05, 0.1) is 0 Å². The Labute approximate surface area is 317 Å². The van der Waals surface area contributed by atoms with Crippen LogP contribution in [0.3, 0.4) is 0 Å². The van der Waals surface area contributed by atoms with Crippen LogP contribution < -0.4 is 0 Å². The molecule has 55 heavy (non-hydrogen) atoms. The highest BCUT2D eigenvalue weighted by Crippen LogP contribution is 2.48. The number of fused-ring (bicyclic) bond motifs is 5. The molecule has 0 saturated carbocycles. The Bertz CT molecular complexity index is 3480. The molecule has 0 aliphatic rings. The van der Waals surface area contributed by atoms with Gasteiger partial charge < -0.3 is 4.42 Å². The van der Waals surface area contributed by atoms with Crippen molar-refractivity contribution in [3.63, 3.8) is 0 Å². The zero-order valence-corrected chi connectivity index (χ0v) is 29.9. The van der Waals surface area contributed by atoms with Crippen LogP contribution in [-0.2, 0) is 0 Å². The van der Waals surface area contributed by atoms with Gasteiger partial charge in [0.15, 0.2) is 0 Å². The molecule has 1 aromatic heterocycles. The fourth-order valence-corrected chi connectivity index (χ4v) is 9.25. The molecule has 0 amide bonds. The first-order valence-electron chi connectivity index (χ1n) is 19.0. The lowest BCUT2D eigenvalue weighted by molar-refractivity contribution is 0.633. The van der Waals surface area contributed by atoms with E-state index in [4.69, 9.17) is 4.42 Å². The molecule has 0 N–H and O–H groups in total. The van der Waals surface area contributed by atoms with Crippen molar-refractivity contribution < 1.29 is 4.42 Å². The molecule has 1 heteroatoms. The quantitative estimate of drug-likeness (QED) is 0.167. The summed E-state index contributed by atoms with van der Waals surface area (Å²) in [6.07, 6.45) is 0. The SMILES string of the molecule is c1ccc(-c2ccc3ccc4c(-c5ccc6oc(-c7cc8ccccc8c8ccccc78)c(-c7ccc8ccccc8c7)c6c5)ccc5ccc2c3c54)cc1. The second-order valence-electron chi connectivity index (χ2n) is 14.8. The van der Waals surface area contributed by atoms with Crippen molar-refractivity contribution in [1.82, 2.24) is 0 Å². The molecule has 254 valence electrons. The Hall–Kier alpha value is -7.22. The molecule has 12 rings (SSSR count). The third-order valence-corrected chi connectivity index (χ3v) is 11.8. The molecule has 0 spiro atoms. The smallest absolute Gasteiger partial charge is 0.143 e. The van der Waals surface area contributed by atoms with Crippen LogP contribution in [0.15, 0.2) is 199 Å². The first-order chi connectivity index (χ1) is 27.3. The molecular weight excluding hydrogens is 665 g/mol. The van der Waals surface area contributed by atoms with E-state index in [0.29, 0.717) is 0 Å². The number of rotatable bonds is 4. The van der Waals surface area contributed by atoms with Gasteiger partial charge in [0.25, 0.3) is 0 Å². The third-order valence-electron chi connectivity index (χ3n) is 11.8. The maximum atomic E-state index is 7.03. The molecule has 12 aromatic rings. The van der Waals surface area contributed by atoms with Crippen molar-refractivity contribution in [2.24, 2.45) is 0 Å². The molecular formula is C54H32O. The molecule has 11 aromatic carbocycles. The molecule has 0 atom stereocenters. The Morgan fingerprint density at radius 1 is 0.273 bits per heavy atom. The van der Waals surface area contributed by atoms with E-state index in [0.717, 1.165) is 33.4 Å². The topological polar surface area (TPSA) is 13.1 Å². The van der Waals surface area contributed by atoms with Crippen molar-refractivity contribution in [2.75, 3.05) is 0 Å². The Balaban J connectivity index is 1.13. The van der Waals surface area contributed by atoms with Crippen LogP contribution in [-0.4, -0.2) is 0 Å². The molecule has 0 saturated heterocycles. The lowest BCUT2D eigenvalue weighted by atomic mass is 9.87. The van der Waals surface area contributed by atoms with Gasteiger partial charge in [-0.1, -0.05) is 170 Å². The molecule has 0 aliphatic heterocycles. The normalized spacial score (nSPS) is 12.0. The van der Waals surface area contributed by atoms with E-state index in [1.54, 1.807) is 0 Å². The van der Waals surface area contributed by atoms with Gasteiger partial charge in [0.2, 0.25) is 0 Å². The van der Waals surface area contributed by atoms with Crippen LogP contribution in [0.1, 0.15) is 0 Å². The largest absolute Gasteiger partial charge is 0.455 e. The van der Waals surface area contributed by atoms with E-state index in [-0.39, 0.29) is 0 Å². The van der Waals surface area contributed by atoms with Crippen LogP contribution >= 0.6 is 0 Å². The monoisotopic (exact) mass is 696 g/mol. The standard InChI is InChI=1S/C54H32O/c1-2-11-34(12-3-1)42-25-20-35-23-28-47-43(26-21-36-22-27-46(42)51(35)52(36)47)39-24-29-50-49(32-39)53(40-19-18-33-10-4-5-13-37(33)30-40)54(55-50)48-31-38-14-6-7-15-41(38)44-16-8-9-17-45(44)48/h1-32H. The number of benzene rings is 11. The van der Waals surface area contributed by atoms with Gasteiger partial charge in [-0.3, -0.25) is 0 Å². The summed E-state index contributed by atoms with van der Waals surface area (Å²) in [4.78, 5) is 0. The predicted molar refractivity (Wildman–Crippen MR) is 234 cm³/mol. The van der Waals surface area contributed by atoms with Gasteiger partial charge in [-0.2, -0.15) is 0 Å². The molecule has 1 nitrogen and oxygen atoms in total. The summed E-state index contributed by atoms with van der Waals surface area (Å²) in [7, 11) is 0. The van der Waals surface area contributed by atoms with Crippen LogP contribution in [0, 0.1) is 0 Å². The first-order valence-corrected chi connectivity index (χ1v) is 19.0. The number of hydrogen-bond acceptors (Lipinski definition) is 1. The lowest BCUT2D eigenvalue weighted by Gasteiger charge is -2.16. The van der Waals surface area contributed by atoms with Crippen LogP contribution in [0.4, 0.5) is 0 Å². The van der Waals surface area contributed by atoms with E-state index in [9.17, 15) is 0 Å². The van der Waals surface area contributed by atoms with Crippen molar-refractivity contribution in [2.45, 2.75) is 0 Å². The fourth-order valence-electron chi connectivity index (χ4n) is 9.25. The van der Waals surface area contributed by atoms with Crippen LogP contribution in [0.25, 0.3) is 120 Å². The Morgan fingerprint density at radius 2 is 0.855 bits per heavy atom. The van der Waals surface area contributed by atoms with Crippen LogP contribution in [0.5, 0.6) is 0 Å². The summed E-state index contributed by atoms with van der Waals surface area (Å²) in [5, 5.41) is 16.1. The van der Waals surface area contributed by atoms with Gasteiger partial charge in [0.1, 0.15) is 11.3 Å². The van der Waals surface area contributed by atoms with Crippen molar-refractivity contribution in [1.29, 1.82) is 0 Å². The highest BCUT2D eigenvalue weighted by atomic mass is 16.3. The summed E-state index contributed by atoms with van der Waals surface area (Å²) in [6, 6.07) is 71.0. The molecule has 0 fully saturated rings. The summed E-state index contributed by atoms with van der Waals surface area (Å²) in [5.74, 6) is 0.896. The van der Waals surface area contributed by atoms with Crippen LogP contribution in [0.2, 0.25) is 0 Å². The molecule has 0 bridgehead atoms. The van der Waals surface area contributed by atoms with E-state index in [2.05, 4.69) is 194 Å². The summed E-state index contributed by atoms with van der Waals surface area (Å²) in [5.41, 5.74) is 9.14. The summed E-state index contributed by atoms with van der Waals surface area (Å²) < 4.78 is 7.03. The van der Waals surface area contributed by atoms with Crippen molar-refractivity contribution in [3.05, 3.63) is 194 Å². The minimum absolute atomic E-state index is 0.879. The molecule has 0 aliphatic carbocycles. The summed E-state index contributed by atoms with van der Waals surface area (Å²) in [6.45, 7) is 0. The maximum Gasteiger partial charge on any atom is 0.143 e. The van der Waals surface area contributed by atoms with Crippen molar-refractivity contribution in [3.8, 4) is 44.7 Å². The van der Waals surface area contributed by atoms with Crippen molar-refractivity contribution >= 4 is 75.6 Å². The average molecular weight is 697 g/mol. The van der Waals surface area contributed by atoms with Gasteiger partial charge >= 0.3 is 0 Å². The van der Waals surface area contributed by atoms with E-state index < -0.39 is 0 Å². The second kappa shape index (κ2) is 11.6. The van der Waals surface area contributed by atoms with E-state index in [1.807, 2.05) is 0 Å². The van der Waals surface area contributed by atoms with E-state index in [1.165, 1.54) is 86.9 Å². The number of furan rings is 1. The molecule has 1 heterocycles. The predicted octanol–water partition coefficient (Wildman–Crippen LogP) is 15.5. The van der Waals surface area contributed by atoms with E-state index >= 15 is 0 Å². The molecule has 0 unspecified atom stereocenters. The fraction of sp³-hybridized carbons (Fsp3) is 0. The van der Waals surface area contributed by atoms with Gasteiger partial charge in [-0.05, 0) is 117 Å². The molecule has 0 radical (unpaired) electrons.